The van der Waals surface area contributed by atoms with Gasteiger partial charge in [-0.05, 0) is 43.0 Å². The highest BCUT2D eigenvalue weighted by Gasteiger charge is 2.44. The molecule has 0 saturated carbocycles. The molecule has 36 heavy (non-hydrogen) atoms. The lowest BCUT2D eigenvalue weighted by Gasteiger charge is -2.29. The normalized spacial score (nSPS) is 22.3. The van der Waals surface area contributed by atoms with Crippen molar-refractivity contribution in [1.82, 2.24) is 0 Å². The predicted octanol–water partition coefficient (Wildman–Crippen LogP) is 5.01. The van der Waals surface area contributed by atoms with E-state index in [0.717, 1.165) is 18.4 Å². The Morgan fingerprint density at radius 3 is 2.58 bits per heavy atom. The molecule has 5 nitrogen and oxygen atoms in total. The van der Waals surface area contributed by atoms with E-state index in [1.807, 2.05) is 30.3 Å². The zero-order valence-corrected chi connectivity index (χ0v) is 20.2. The van der Waals surface area contributed by atoms with Gasteiger partial charge in [-0.2, -0.15) is 0 Å². The van der Waals surface area contributed by atoms with Crippen molar-refractivity contribution in [3.63, 3.8) is 0 Å². The van der Waals surface area contributed by atoms with Crippen LogP contribution in [0.15, 0.2) is 42.5 Å². The molecular formula is C28H26ClF2NO4. The number of rotatable bonds is 7. The molecule has 1 aliphatic carbocycles. The fraction of sp³-hybridized carbons (Fsp3) is 0.321. The fourth-order valence-electron chi connectivity index (χ4n) is 5.55. The summed E-state index contributed by atoms with van der Waals surface area (Å²) in [6, 6.07) is 12.1. The van der Waals surface area contributed by atoms with E-state index in [1.165, 1.54) is 12.1 Å². The smallest absolute Gasteiger partial charge is 0.150 e. The molecule has 8 heteroatoms. The number of benzene rings is 3. The van der Waals surface area contributed by atoms with Crippen LogP contribution in [-0.4, -0.2) is 29.1 Å². The van der Waals surface area contributed by atoms with E-state index >= 15 is 8.78 Å². The quantitative estimate of drug-likeness (QED) is 0.305. The number of unbranched alkanes of at least 4 members (excludes halogenated alkanes) is 1. The Morgan fingerprint density at radius 1 is 1.14 bits per heavy atom. The average molecular weight is 514 g/mol. The monoisotopic (exact) mass is 513 g/mol. The second kappa shape index (κ2) is 9.56. The van der Waals surface area contributed by atoms with Gasteiger partial charge in [0.1, 0.15) is 29.1 Å². The van der Waals surface area contributed by atoms with Gasteiger partial charge < -0.3 is 20.7 Å². The topological polar surface area (TPSA) is 92.8 Å². The van der Waals surface area contributed by atoms with Crippen LogP contribution in [0.4, 0.5) is 8.78 Å². The van der Waals surface area contributed by atoms with Crippen molar-refractivity contribution in [2.45, 2.75) is 49.9 Å². The number of ether oxygens (including phenoxy) is 1. The maximum Gasteiger partial charge on any atom is 0.150 e. The number of aldehydes is 1. The van der Waals surface area contributed by atoms with Gasteiger partial charge in [0.05, 0.1) is 11.1 Å². The van der Waals surface area contributed by atoms with Gasteiger partial charge in [-0.3, -0.25) is 4.79 Å². The summed E-state index contributed by atoms with van der Waals surface area (Å²) in [7, 11) is 0. The highest BCUT2D eigenvalue weighted by atomic mass is 35.5. The molecule has 0 spiro atoms. The second-order valence-corrected chi connectivity index (χ2v) is 9.85. The first-order valence-electron chi connectivity index (χ1n) is 11.9. The van der Waals surface area contributed by atoms with Crippen LogP contribution in [0.3, 0.4) is 0 Å². The van der Waals surface area contributed by atoms with Crippen molar-refractivity contribution in [3.05, 3.63) is 86.9 Å². The first-order valence-corrected chi connectivity index (χ1v) is 12.3. The molecule has 4 N–H and O–H groups in total. The van der Waals surface area contributed by atoms with Gasteiger partial charge in [-0.1, -0.05) is 41.9 Å². The minimum Gasteiger partial charge on any atom is -0.482 e. The van der Waals surface area contributed by atoms with Gasteiger partial charge in [0, 0.05) is 46.7 Å². The molecular weight excluding hydrogens is 488 g/mol. The highest BCUT2D eigenvalue weighted by Crippen LogP contribution is 2.52. The molecule has 0 radical (unpaired) electrons. The predicted molar refractivity (Wildman–Crippen MR) is 132 cm³/mol. The van der Waals surface area contributed by atoms with Crippen LogP contribution in [0.1, 0.15) is 58.0 Å². The van der Waals surface area contributed by atoms with Crippen LogP contribution >= 0.6 is 11.6 Å². The number of carbonyl (C=O) groups is 1. The molecule has 0 aromatic heterocycles. The molecule has 0 saturated heterocycles. The number of aliphatic hydroxyl groups excluding tert-OH is 2. The summed E-state index contributed by atoms with van der Waals surface area (Å²) in [5.41, 5.74) is 6.23. The van der Waals surface area contributed by atoms with Crippen LogP contribution < -0.4 is 10.5 Å². The van der Waals surface area contributed by atoms with Crippen molar-refractivity contribution >= 4 is 17.9 Å². The van der Waals surface area contributed by atoms with E-state index in [1.54, 1.807) is 0 Å². The van der Waals surface area contributed by atoms with Gasteiger partial charge in [0.15, 0.2) is 6.29 Å². The van der Waals surface area contributed by atoms with Gasteiger partial charge in [-0.15, -0.1) is 0 Å². The van der Waals surface area contributed by atoms with E-state index < -0.39 is 29.4 Å². The van der Waals surface area contributed by atoms with E-state index in [-0.39, 0.29) is 45.9 Å². The number of hydrogen-bond acceptors (Lipinski definition) is 5. The number of nitrogens with two attached hydrogens (primary N) is 1. The second-order valence-electron chi connectivity index (χ2n) is 9.47. The number of aliphatic hydroxyl groups is 2. The molecule has 0 amide bonds. The minimum absolute atomic E-state index is 0.00486. The molecule has 188 valence electrons. The first kappa shape index (κ1) is 24.8. The lowest BCUT2D eigenvalue weighted by Crippen LogP contribution is -2.31. The number of carbonyl (C=O) groups excluding carboxylic acids is 1. The molecule has 3 unspecified atom stereocenters. The Labute approximate surface area is 212 Å². The zero-order valence-electron chi connectivity index (χ0n) is 19.4. The first-order chi connectivity index (χ1) is 17.3. The minimum atomic E-state index is -1.46. The summed E-state index contributed by atoms with van der Waals surface area (Å²) in [6.07, 6.45) is 0.194. The van der Waals surface area contributed by atoms with Crippen molar-refractivity contribution in [3.8, 4) is 16.9 Å². The lowest BCUT2D eigenvalue weighted by molar-refractivity contribution is 0.0309. The van der Waals surface area contributed by atoms with Crippen LogP contribution in [-0.2, 0) is 18.4 Å². The summed E-state index contributed by atoms with van der Waals surface area (Å²) < 4.78 is 37.6. The molecule has 3 aromatic carbocycles. The third kappa shape index (κ3) is 3.91. The molecule has 1 aliphatic heterocycles. The summed E-state index contributed by atoms with van der Waals surface area (Å²) in [5, 5.41) is 20.2. The van der Waals surface area contributed by atoms with Crippen molar-refractivity contribution < 1.29 is 28.5 Å². The van der Waals surface area contributed by atoms with E-state index in [2.05, 4.69) is 0 Å². The highest BCUT2D eigenvalue weighted by molar-refractivity contribution is 6.34. The van der Waals surface area contributed by atoms with Crippen molar-refractivity contribution in [2.24, 2.45) is 5.73 Å². The Bertz CT molecular complexity index is 1330. The molecule has 3 aromatic rings. The SMILES string of the molecule is NCCCCC1(c2ccccc2)Cc2c(cc(F)c(Cl)c2-c2c(C=O)cc3c(c2F)C(O)C(O)C3)O1. The fourth-order valence-corrected chi connectivity index (χ4v) is 5.81. The number of hydrogen-bond donors (Lipinski definition) is 3. The maximum absolute atomic E-state index is 16.0. The lowest BCUT2D eigenvalue weighted by atomic mass is 9.82. The molecule has 2 aliphatic rings. The summed E-state index contributed by atoms with van der Waals surface area (Å²) in [5.74, 6) is -1.48. The van der Waals surface area contributed by atoms with Crippen molar-refractivity contribution in [2.75, 3.05) is 6.54 Å². The maximum atomic E-state index is 16.0. The summed E-state index contributed by atoms with van der Waals surface area (Å²) in [4.78, 5) is 12.1. The molecule has 3 atom stereocenters. The van der Waals surface area contributed by atoms with Gasteiger partial charge in [-0.25, -0.2) is 8.78 Å². The number of fused-ring (bicyclic) bond motifs is 2. The van der Waals surface area contributed by atoms with E-state index in [9.17, 15) is 15.0 Å². The van der Waals surface area contributed by atoms with Gasteiger partial charge in [0.2, 0.25) is 0 Å². The molecule has 1 heterocycles. The van der Waals surface area contributed by atoms with E-state index in [0.29, 0.717) is 30.4 Å². The van der Waals surface area contributed by atoms with Crippen LogP contribution in [0.5, 0.6) is 5.75 Å². The molecule has 0 bridgehead atoms. The number of halogens is 3. The Kier molecular flexibility index (Phi) is 6.59. The molecule has 5 rings (SSSR count). The Hall–Kier alpha value is -2.84. The van der Waals surface area contributed by atoms with Crippen LogP contribution in [0, 0.1) is 11.6 Å². The Morgan fingerprint density at radius 2 is 1.89 bits per heavy atom. The van der Waals surface area contributed by atoms with Gasteiger partial charge >= 0.3 is 0 Å². The van der Waals surface area contributed by atoms with E-state index in [4.69, 9.17) is 22.1 Å². The standard InChI is InChI=1S/C28H26ClF2NO4/c29-25-19(30)12-21-18(13-28(36-21,8-4-5-9-32)17-6-2-1-3-7-17)24(25)22-16(14-33)10-15-11-20(34)27(35)23(15)26(22)31/h1-3,6-7,10,12,14,20,27,34-35H,4-5,8-9,11,13,32H2. The van der Waals surface area contributed by atoms with Gasteiger partial charge in [0.25, 0.3) is 0 Å². The van der Waals surface area contributed by atoms with Crippen LogP contribution in [0.2, 0.25) is 5.02 Å². The third-order valence-corrected chi connectivity index (χ3v) is 7.64. The third-order valence-electron chi connectivity index (χ3n) is 7.28. The average Bonchev–Trinajstić information content (AvgIpc) is 3.38. The zero-order chi connectivity index (χ0) is 25.6. The molecule has 0 fully saturated rings. The summed E-state index contributed by atoms with van der Waals surface area (Å²) in [6.45, 7) is 0.515. The van der Waals surface area contributed by atoms with Crippen LogP contribution in [0.25, 0.3) is 11.1 Å². The summed E-state index contributed by atoms with van der Waals surface area (Å²) >= 11 is 6.45. The Balaban J connectivity index is 1.72. The van der Waals surface area contributed by atoms with Crippen molar-refractivity contribution in [1.29, 1.82) is 0 Å². The largest absolute Gasteiger partial charge is 0.482 e.